The van der Waals surface area contributed by atoms with Gasteiger partial charge in [0.1, 0.15) is 5.75 Å². The van der Waals surface area contributed by atoms with Gasteiger partial charge in [-0.1, -0.05) is 34.6 Å². The molecule has 1 fully saturated rings. The first-order valence-electron chi connectivity index (χ1n) is 9.50. The first-order chi connectivity index (χ1) is 12.2. The maximum Gasteiger partial charge on any atom is 0.253 e. The second-order valence-electron chi connectivity index (χ2n) is 8.42. The summed E-state index contributed by atoms with van der Waals surface area (Å²) in [5.41, 5.74) is 0.280. The van der Waals surface area contributed by atoms with E-state index in [1.165, 1.54) is 0 Å². The quantitative estimate of drug-likeness (QED) is 0.826. The lowest BCUT2D eigenvalue weighted by Gasteiger charge is -2.28. The third-order valence-electron chi connectivity index (χ3n) is 4.40. The maximum atomic E-state index is 12.8. The lowest BCUT2D eigenvalue weighted by Crippen LogP contribution is -2.42. The van der Waals surface area contributed by atoms with Crippen LogP contribution in [0.2, 0.25) is 0 Å². The van der Waals surface area contributed by atoms with Gasteiger partial charge in [0.15, 0.2) is 0 Å². The maximum absolute atomic E-state index is 12.8. The van der Waals surface area contributed by atoms with E-state index in [1.54, 1.807) is 0 Å². The molecule has 144 valence electrons. The Hall–Kier alpha value is -2.04. The predicted octanol–water partition coefficient (Wildman–Crippen LogP) is 3.44. The van der Waals surface area contributed by atoms with Gasteiger partial charge < -0.3 is 14.5 Å². The number of hydrogen-bond donors (Lipinski definition) is 0. The molecule has 0 aliphatic carbocycles. The van der Waals surface area contributed by atoms with Crippen molar-refractivity contribution in [2.24, 2.45) is 11.3 Å². The lowest BCUT2D eigenvalue weighted by molar-refractivity contribution is -0.139. The molecule has 1 saturated heterocycles. The Balaban J connectivity index is 1.96. The van der Waals surface area contributed by atoms with Crippen LogP contribution in [0.1, 0.15) is 51.4 Å². The third kappa shape index (κ3) is 5.48. The van der Waals surface area contributed by atoms with Gasteiger partial charge in [-0.2, -0.15) is 0 Å². The van der Waals surface area contributed by atoms with Crippen LogP contribution in [-0.2, 0) is 4.79 Å². The molecule has 1 aromatic carbocycles. The smallest absolute Gasteiger partial charge is 0.253 e. The molecule has 0 radical (unpaired) electrons. The largest absolute Gasteiger partial charge is 0.493 e. The average molecular weight is 360 g/mol. The van der Waals surface area contributed by atoms with Crippen LogP contribution in [0.3, 0.4) is 0 Å². The Labute approximate surface area is 157 Å². The van der Waals surface area contributed by atoms with Crippen molar-refractivity contribution < 1.29 is 14.3 Å². The van der Waals surface area contributed by atoms with E-state index in [1.807, 2.05) is 54.8 Å². The second kappa shape index (κ2) is 8.56. The molecule has 1 aliphatic heterocycles. The first kappa shape index (κ1) is 20.3. The fraction of sp³-hybridized carbons (Fsp3) is 0.619. The molecule has 5 heteroatoms. The van der Waals surface area contributed by atoms with Gasteiger partial charge in [-0.3, -0.25) is 9.59 Å². The van der Waals surface area contributed by atoms with Gasteiger partial charge in [-0.05, 0) is 36.6 Å². The summed E-state index contributed by atoms with van der Waals surface area (Å²) in [7, 11) is 0. The average Bonchev–Trinajstić information content (AvgIpc) is 2.84. The highest BCUT2D eigenvalue weighted by molar-refractivity contribution is 5.94. The molecule has 0 saturated carbocycles. The Morgan fingerprint density at radius 1 is 1.00 bits per heavy atom. The Morgan fingerprint density at radius 3 is 2.15 bits per heavy atom. The third-order valence-corrected chi connectivity index (χ3v) is 4.40. The highest BCUT2D eigenvalue weighted by Gasteiger charge is 2.29. The number of carbonyl (C=O) groups excluding carboxylic acids is 2. The summed E-state index contributed by atoms with van der Waals surface area (Å²) in [6, 6.07) is 7.34. The van der Waals surface area contributed by atoms with Crippen molar-refractivity contribution in [3.05, 3.63) is 29.8 Å². The minimum absolute atomic E-state index is 0.0190. The SMILES string of the molecule is CC(C)COc1ccc(C(=O)N2CCCN(C(=O)C(C)(C)C)CC2)cc1. The van der Waals surface area contributed by atoms with Gasteiger partial charge >= 0.3 is 0 Å². The molecular weight excluding hydrogens is 328 g/mol. The minimum atomic E-state index is -0.384. The summed E-state index contributed by atoms with van der Waals surface area (Å²) in [5.74, 6) is 1.42. The van der Waals surface area contributed by atoms with Crippen molar-refractivity contribution in [3.8, 4) is 5.75 Å². The number of benzene rings is 1. The van der Waals surface area contributed by atoms with Gasteiger partial charge in [0.25, 0.3) is 5.91 Å². The molecule has 0 unspecified atom stereocenters. The zero-order valence-electron chi connectivity index (χ0n) is 16.7. The molecule has 2 amide bonds. The van der Waals surface area contributed by atoms with Gasteiger partial charge in [0.2, 0.25) is 5.91 Å². The van der Waals surface area contributed by atoms with Crippen molar-refractivity contribution in [1.82, 2.24) is 9.80 Å². The summed E-state index contributed by atoms with van der Waals surface area (Å²) in [6.45, 7) is 13.2. The molecule has 26 heavy (non-hydrogen) atoms. The van der Waals surface area contributed by atoms with Crippen LogP contribution in [0.25, 0.3) is 0 Å². The summed E-state index contributed by atoms with van der Waals surface area (Å²) < 4.78 is 5.67. The van der Waals surface area contributed by atoms with Crippen molar-refractivity contribution in [2.75, 3.05) is 32.8 Å². The first-order valence-corrected chi connectivity index (χ1v) is 9.50. The zero-order valence-corrected chi connectivity index (χ0v) is 16.7. The number of hydrogen-bond acceptors (Lipinski definition) is 3. The molecule has 5 nitrogen and oxygen atoms in total. The van der Waals surface area contributed by atoms with E-state index < -0.39 is 0 Å². The van der Waals surface area contributed by atoms with E-state index in [4.69, 9.17) is 4.74 Å². The predicted molar refractivity (Wildman–Crippen MR) is 103 cm³/mol. The van der Waals surface area contributed by atoms with E-state index in [-0.39, 0.29) is 17.2 Å². The Kier molecular flexibility index (Phi) is 6.68. The standard InChI is InChI=1S/C21H32N2O3/c1-16(2)15-26-18-9-7-17(8-10-18)19(24)22-11-6-12-23(14-13-22)20(25)21(3,4)5/h7-10,16H,6,11-15H2,1-5H3. The molecule has 0 N–H and O–H groups in total. The summed E-state index contributed by atoms with van der Waals surface area (Å²) in [4.78, 5) is 29.0. The van der Waals surface area contributed by atoms with Crippen LogP contribution >= 0.6 is 0 Å². The number of amides is 2. The summed E-state index contributed by atoms with van der Waals surface area (Å²) >= 11 is 0. The van der Waals surface area contributed by atoms with Crippen molar-refractivity contribution in [3.63, 3.8) is 0 Å². The minimum Gasteiger partial charge on any atom is -0.493 e. The molecule has 1 heterocycles. The van der Waals surface area contributed by atoms with E-state index >= 15 is 0 Å². The second-order valence-corrected chi connectivity index (χ2v) is 8.42. The van der Waals surface area contributed by atoms with Crippen LogP contribution in [0.15, 0.2) is 24.3 Å². The van der Waals surface area contributed by atoms with Crippen molar-refractivity contribution >= 4 is 11.8 Å². The summed E-state index contributed by atoms with van der Waals surface area (Å²) in [5, 5.41) is 0. The molecule has 0 aromatic heterocycles. The van der Waals surface area contributed by atoms with Gasteiger partial charge in [0.05, 0.1) is 6.61 Å². The van der Waals surface area contributed by atoms with Gasteiger partial charge in [0, 0.05) is 37.2 Å². The van der Waals surface area contributed by atoms with Gasteiger partial charge in [-0.25, -0.2) is 0 Å². The molecular formula is C21H32N2O3. The number of rotatable bonds is 4. The highest BCUT2D eigenvalue weighted by Crippen LogP contribution is 2.20. The zero-order chi connectivity index (χ0) is 19.3. The van der Waals surface area contributed by atoms with Crippen LogP contribution in [-0.4, -0.2) is 54.4 Å². The monoisotopic (exact) mass is 360 g/mol. The van der Waals surface area contributed by atoms with E-state index in [0.717, 1.165) is 12.2 Å². The lowest BCUT2D eigenvalue weighted by atomic mass is 9.94. The van der Waals surface area contributed by atoms with Crippen LogP contribution < -0.4 is 4.74 Å². The topological polar surface area (TPSA) is 49.9 Å². The van der Waals surface area contributed by atoms with Crippen molar-refractivity contribution in [1.29, 1.82) is 0 Å². The van der Waals surface area contributed by atoms with E-state index in [9.17, 15) is 9.59 Å². The van der Waals surface area contributed by atoms with Crippen LogP contribution in [0, 0.1) is 11.3 Å². The fourth-order valence-corrected chi connectivity index (χ4v) is 2.94. The number of nitrogens with zero attached hydrogens (tertiary/aromatic N) is 2. The number of carbonyl (C=O) groups is 2. The van der Waals surface area contributed by atoms with Crippen LogP contribution in [0.5, 0.6) is 5.75 Å². The molecule has 0 bridgehead atoms. The molecule has 0 atom stereocenters. The van der Waals surface area contributed by atoms with E-state index in [0.29, 0.717) is 44.3 Å². The molecule has 0 spiro atoms. The van der Waals surface area contributed by atoms with Crippen molar-refractivity contribution in [2.45, 2.75) is 41.0 Å². The molecule has 1 aliphatic rings. The summed E-state index contributed by atoms with van der Waals surface area (Å²) in [6.07, 6.45) is 0.809. The fourth-order valence-electron chi connectivity index (χ4n) is 2.94. The van der Waals surface area contributed by atoms with E-state index in [2.05, 4.69) is 13.8 Å². The number of ether oxygens (including phenoxy) is 1. The Bertz CT molecular complexity index is 617. The van der Waals surface area contributed by atoms with Gasteiger partial charge in [-0.15, -0.1) is 0 Å². The normalized spacial score (nSPS) is 15.8. The molecule has 1 aromatic rings. The molecule has 2 rings (SSSR count). The van der Waals surface area contributed by atoms with Crippen LogP contribution in [0.4, 0.5) is 0 Å². The Morgan fingerprint density at radius 2 is 1.58 bits per heavy atom. The highest BCUT2D eigenvalue weighted by atomic mass is 16.5.